The highest BCUT2D eigenvalue weighted by atomic mass is 79.9. The maximum absolute atomic E-state index is 5.71. The molecule has 3 aromatic rings. The standard InChI is InChI=1S/C14H10BrN3/c15-14-17-12-4-2-1-3-11(12)13(18-14)9-5-7-10(16)8-6-9/h1-8H,16H2. The molecule has 0 fully saturated rings. The number of aromatic nitrogens is 2. The van der Waals surface area contributed by atoms with Gasteiger partial charge >= 0.3 is 0 Å². The molecule has 18 heavy (non-hydrogen) atoms. The monoisotopic (exact) mass is 299 g/mol. The molecule has 2 aromatic carbocycles. The van der Waals surface area contributed by atoms with Crippen LogP contribution in [0.1, 0.15) is 0 Å². The van der Waals surface area contributed by atoms with Gasteiger partial charge in [-0.25, -0.2) is 9.97 Å². The summed E-state index contributed by atoms with van der Waals surface area (Å²) in [6.45, 7) is 0. The van der Waals surface area contributed by atoms with Crippen molar-refractivity contribution in [2.75, 3.05) is 5.73 Å². The Hall–Kier alpha value is -1.94. The molecule has 0 bridgehead atoms. The summed E-state index contributed by atoms with van der Waals surface area (Å²) >= 11 is 3.35. The molecule has 0 radical (unpaired) electrons. The summed E-state index contributed by atoms with van der Waals surface area (Å²) in [5, 5.41) is 1.03. The molecular formula is C14H10BrN3. The first-order valence-electron chi connectivity index (χ1n) is 5.52. The lowest BCUT2D eigenvalue weighted by molar-refractivity contribution is 1.16. The molecule has 0 spiro atoms. The lowest BCUT2D eigenvalue weighted by Gasteiger charge is -2.06. The van der Waals surface area contributed by atoms with Crippen LogP contribution in [0, 0.1) is 0 Å². The van der Waals surface area contributed by atoms with Crippen molar-refractivity contribution in [3.63, 3.8) is 0 Å². The topological polar surface area (TPSA) is 51.8 Å². The molecule has 3 nitrogen and oxygen atoms in total. The smallest absolute Gasteiger partial charge is 0.197 e. The second-order valence-corrected chi connectivity index (χ2v) is 4.69. The molecule has 88 valence electrons. The van der Waals surface area contributed by atoms with Gasteiger partial charge in [-0.05, 0) is 34.1 Å². The third-order valence-corrected chi connectivity index (χ3v) is 3.11. The van der Waals surface area contributed by atoms with Crippen molar-refractivity contribution in [2.24, 2.45) is 0 Å². The van der Waals surface area contributed by atoms with E-state index in [2.05, 4.69) is 25.9 Å². The van der Waals surface area contributed by atoms with E-state index >= 15 is 0 Å². The minimum atomic E-state index is 0.591. The summed E-state index contributed by atoms with van der Waals surface area (Å²) in [6, 6.07) is 15.6. The predicted molar refractivity (Wildman–Crippen MR) is 77.1 cm³/mol. The number of nitrogens with two attached hydrogens (primary N) is 1. The Bertz CT molecular complexity index is 708. The Morgan fingerprint density at radius 1 is 0.889 bits per heavy atom. The maximum atomic E-state index is 5.71. The SMILES string of the molecule is Nc1ccc(-c2nc(Br)nc3ccccc23)cc1. The number of halogens is 1. The lowest BCUT2D eigenvalue weighted by Crippen LogP contribution is -1.92. The van der Waals surface area contributed by atoms with Crippen molar-refractivity contribution in [1.29, 1.82) is 0 Å². The second-order valence-electron chi connectivity index (χ2n) is 3.98. The average Bonchev–Trinajstić information content (AvgIpc) is 2.38. The molecule has 0 unspecified atom stereocenters. The van der Waals surface area contributed by atoms with Gasteiger partial charge in [0.2, 0.25) is 0 Å². The van der Waals surface area contributed by atoms with Gasteiger partial charge in [0.05, 0.1) is 11.2 Å². The van der Waals surface area contributed by atoms with Crippen LogP contribution in [-0.2, 0) is 0 Å². The number of para-hydroxylation sites is 1. The van der Waals surface area contributed by atoms with E-state index < -0.39 is 0 Å². The van der Waals surface area contributed by atoms with Crippen LogP contribution in [0.4, 0.5) is 5.69 Å². The molecule has 0 aliphatic heterocycles. The molecule has 2 N–H and O–H groups in total. The Labute approximate surface area is 113 Å². The number of hydrogen-bond donors (Lipinski definition) is 1. The molecule has 0 saturated carbocycles. The van der Waals surface area contributed by atoms with Crippen molar-refractivity contribution in [3.8, 4) is 11.3 Å². The molecule has 0 amide bonds. The molecule has 0 atom stereocenters. The average molecular weight is 300 g/mol. The fourth-order valence-corrected chi connectivity index (χ4v) is 2.28. The summed E-state index contributed by atoms with van der Waals surface area (Å²) in [7, 11) is 0. The number of nitrogens with zero attached hydrogens (tertiary/aromatic N) is 2. The molecule has 1 heterocycles. The van der Waals surface area contributed by atoms with Gasteiger partial charge < -0.3 is 5.73 Å². The number of rotatable bonds is 1. The fraction of sp³-hybridized carbons (Fsp3) is 0. The molecule has 0 aliphatic rings. The first-order chi connectivity index (χ1) is 8.74. The Balaban J connectivity index is 2.31. The van der Waals surface area contributed by atoms with Gasteiger partial charge in [0.25, 0.3) is 0 Å². The summed E-state index contributed by atoms with van der Waals surface area (Å²) in [5.41, 5.74) is 9.31. The van der Waals surface area contributed by atoms with Gasteiger partial charge in [0.15, 0.2) is 4.73 Å². The van der Waals surface area contributed by atoms with Gasteiger partial charge in [0.1, 0.15) is 0 Å². The molecule has 1 aromatic heterocycles. The molecule has 4 heteroatoms. The largest absolute Gasteiger partial charge is 0.399 e. The summed E-state index contributed by atoms with van der Waals surface area (Å²) < 4.78 is 0.591. The highest BCUT2D eigenvalue weighted by Gasteiger charge is 2.07. The van der Waals surface area contributed by atoms with Crippen LogP contribution in [0.25, 0.3) is 22.2 Å². The molecular weight excluding hydrogens is 290 g/mol. The first-order valence-corrected chi connectivity index (χ1v) is 6.31. The van der Waals surface area contributed by atoms with Crippen molar-refractivity contribution < 1.29 is 0 Å². The van der Waals surface area contributed by atoms with Crippen molar-refractivity contribution in [2.45, 2.75) is 0 Å². The number of nitrogen functional groups attached to an aromatic ring is 1. The zero-order valence-corrected chi connectivity index (χ0v) is 11.1. The molecule has 0 aliphatic carbocycles. The van der Waals surface area contributed by atoms with E-state index in [0.29, 0.717) is 4.73 Å². The summed E-state index contributed by atoms with van der Waals surface area (Å²) in [5.74, 6) is 0. The molecule has 3 rings (SSSR count). The number of benzene rings is 2. The minimum Gasteiger partial charge on any atom is -0.399 e. The Morgan fingerprint density at radius 3 is 2.39 bits per heavy atom. The van der Waals surface area contributed by atoms with Crippen molar-refractivity contribution in [3.05, 3.63) is 53.3 Å². The van der Waals surface area contributed by atoms with E-state index in [-0.39, 0.29) is 0 Å². The van der Waals surface area contributed by atoms with E-state index in [1.54, 1.807) is 0 Å². The summed E-state index contributed by atoms with van der Waals surface area (Å²) in [6.07, 6.45) is 0. The van der Waals surface area contributed by atoms with E-state index in [9.17, 15) is 0 Å². The normalized spacial score (nSPS) is 10.7. The highest BCUT2D eigenvalue weighted by molar-refractivity contribution is 9.10. The van der Waals surface area contributed by atoms with E-state index in [1.807, 2.05) is 48.5 Å². The number of fused-ring (bicyclic) bond motifs is 1. The van der Waals surface area contributed by atoms with Crippen LogP contribution in [0.15, 0.2) is 53.3 Å². The molecule has 0 saturated heterocycles. The third kappa shape index (κ3) is 1.95. The van der Waals surface area contributed by atoms with Crippen LogP contribution in [-0.4, -0.2) is 9.97 Å². The Morgan fingerprint density at radius 2 is 1.61 bits per heavy atom. The van der Waals surface area contributed by atoms with Crippen LogP contribution in [0.2, 0.25) is 0 Å². The van der Waals surface area contributed by atoms with Crippen molar-refractivity contribution >= 4 is 32.5 Å². The minimum absolute atomic E-state index is 0.591. The van der Waals surface area contributed by atoms with E-state index in [4.69, 9.17) is 5.73 Å². The predicted octanol–water partition coefficient (Wildman–Crippen LogP) is 3.64. The van der Waals surface area contributed by atoms with Gasteiger partial charge in [-0.3, -0.25) is 0 Å². The zero-order chi connectivity index (χ0) is 12.5. The number of anilines is 1. The van der Waals surface area contributed by atoms with Gasteiger partial charge in [0, 0.05) is 16.6 Å². The fourth-order valence-electron chi connectivity index (χ4n) is 1.91. The highest BCUT2D eigenvalue weighted by Crippen LogP contribution is 2.27. The summed E-state index contributed by atoms with van der Waals surface area (Å²) in [4.78, 5) is 8.83. The van der Waals surface area contributed by atoms with Gasteiger partial charge in [-0.1, -0.05) is 30.3 Å². The zero-order valence-electron chi connectivity index (χ0n) is 9.47. The first kappa shape index (κ1) is 11.2. The number of hydrogen-bond acceptors (Lipinski definition) is 3. The lowest BCUT2D eigenvalue weighted by atomic mass is 10.1. The van der Waals surface area contributed by atoms with Crippen molar-refractivity contribution in [1.82, 2.24) is 9.97 Å². The van der Waals surface area contributed by atoms with Crippen LogP contribution >= 0.6 is 15.9 Å². The quantitative estimate of drug-likeness (QED) is 0.551. The van der Waals surface area contributed by atoms with E-state index in [1.165, 1.54) is 0 Å². The van der Waals surface area contributed by atoms with Gasteiger partial charge in [-0.15, -0.1) is 0 Å². The third-order valence-electron chi connectivity index (χ3n) is 2.76. The van der Waals surface area contributed by atoms with Crippen LogP contribution < -0.4 is 5.73 Å². The maximum Gasteiger partial charge on any atom is 0.197 e. The van der Waals surface area contributed by atoms with E-state index in [0.717, 1.165) is 27.8 Å². The van der Waals surface area contributed by atoms with Gasteiger partial charge in [-0.2, -0.15) is 0 Å². The van der Waals surface area contributed by atoms with Crippen LogP contribution in [0.5, 0.6) is 0 Å². The Kier molecular flexibility index (Phi) is 2.72. The van der Waals surface area contributed by atoms with Crippen LogP contribution in [0.3, 0.4) is 0 Å². The second kappa shape index (κ2) is 4.38.